The molecule has 0 fully saturated rings. The van der Waals surface area contributed by atoms with E-state index in [-0.39, 0.29) is 0 Å². The van der Waals surface area contributed by atoms with Crippen LogP contribution in [-0.4, -0.2) is 20.1 Å². The number of aromatic nitrogens is 3. The van der Waals surface area contributed by atoms with Crippen LogP contribution in [-0.2, 0) is 0 Å². The van der Waals surface area contributed by atoms with Gasteiger partial charge < -0.3 is 0 Å². The van der Waals surface area contributed by atoms with Crippen LogP contribution in [0.2, 0.25) is 0 Å². The quantitative estimate of drug-likeness (QED) is 0.709. The molecule has 2 heterocycles. The average Bonchev–Trinajstić information content (AvgIpc) is 2.45. The van der Waals surface area contributed by atoms with Crippen molar-refractivity contribution in [3.05, 3.63) is 23.7 Å². The van der Waals surface area contributed by atoms with E-state index >= 15 is 0 Å². The maximum Gasteiger partial charge on any atom is 0.234 e. The minimum atomic E-state index is 0.795. The molecule has 0 aliphatic heterocycles. The Labute approximate surface area is 87.6 Å². The minimum absolute atomic E-state index is 0.795. The summed E-state index contributed by atoms with van der Waals surface area (Å²) < 4.78 is 2.07. The third-order valence-corrected chi connectivity index (χ3v) is 3.06. The molecule has 0 aliphatic carbocycles. The van der Waals surface area contributed by atoms with E-state index in [1.54, 1.807) is 0 Å². The number of rotatable bonds is 2. The van der Waals surface area contributed by atoms with Crippen molar-refractivity contribution in [2.75, 3.05) is 5.75 Å². The van der Waals surface area contributed by atoms with Gasteiger partial charge in [0.15, 0.2) is 0 Å². The van der Waals surface area contributed by atoms with Gasteiger partial charge in [0, 0.05) is 12.4 Å². The monoisotopic (exact) mass is 207 g/mol. The maximum absolute atomic E-state index is 4.40. The zero-order chi connectivity index (χ0) is 10.1. The molecular weight excluding hydrogens is 194 g/mol. The van der Waals surface area contributed by atoms with E-state index in [2.05, 4.69) is 27.5 Å². The van der Waals surface area contributed by atoms with E-state index in [1.165, 1.54) is 5.03 Å². The standard InChI is InChI=1S/C10H13N3S/c1-4-14-9-8(3)12-10-11-5-7(2)6-13(9)10/h5-6H,4H2,1-3H3. The second-order valence-electron chi connectivity index (χ2n) is 3.24. The van der Waals surface area contributed by atoms with Crippen LogP contribution in [0.5, 0.6) is 0 Å². The lowest BCUT2D eigenvalue weighted by Crippen LogP contribution is -1.91. The minimum Gasteiger partial charge on any atom is -0.278 e. The van der Waals surface area contributed by atoms with Crippen molar-refractivity contribution in [3.63, 3.8) is 0 Å². The number of hydrogen-bond acceptors (Lipinski definition) is 3. The van der Waals surface area contributed by atoms with E-state index in [0.717, 1.165) is 22.8 Å². The molecule has 0 bridgehead atoms. The molecule has 0 aliphatic rings. The summed E-state index contributed by atoms with van der Waals surface area (Å²) in [6.45, 7) is 6.22. The van der Waals surface area contributed by atoms with Crippen molar-refractivity contribution in [2.24, 2.45) is 0 Å². The molecule has 14 heavy (non-hydrogen) atoms. The summed E-state index contributed by atoms with van der Waals surface area (Å²) in [6.07, 6.45) is 3.93. The summed E-state index contributed by atoms with van der Waals surface area (Å²) >= 11 is 1.81. The van der Waals surface area contributed by atoms with Gasteiger partial charge in [-0.3, -0.25) is 4.40 Å². The van der Waals surface area contributed by atoms with Crippen LogP contribution in [0.1, 0.15) is 18.2 Å². The highest BCUT2D eigenvalue weighted by molar-refractivity contribution is 7.99. The fraction of sp³-hybridized carbons (Fsp3) is 0.400. The van der Waals surface area contributed by atoms with E-state index in [0.29, 0.717) is 0 Å². The van der Waals surface area contributed by atoms with E-state index < -0.39 is 0 Å². The van der Waals surface area contributed by atoms with E-state index in [4.69, 9.17) is 0 Å². The fourth-order valence-corrected chi connectivity index (χ4v) is 2.23. The molecule has 2 aromatic rings. The Balaban J connectivity index is 2.66. The molecule has 2 rings (SSSR count). The van der Waals surface area contributed by atoms with Crippen LogP contribution >= 0.6 is 11.8 Å². The highest BCUT2D eigenvalue weighted by atomic mass is 32.2. The van der Waals surface area contributed by atoms with Gasteiger partial charge in [0.25, 0.3) is 0 Å². The largest absolute Gasteiger partial charge is 0.278 e. The SMILES string of the molecule is CCSc1c(C)nc2ncc(C)cn12. The second kappa shape index (κ2) is 3.61. The Morgan fingerprint density at radius 3 is 2.93 bits per heavy atom. The molecule has 0 N–H and O–H groups in total. The topological polar surface area (TPSA) is 30.2 Å². The first-order chi connectivity index (χ1) is 6.72. The van der Waals surface area contributed by atoms with Gasteiger partial charge >= 0.3 is 0 Å². The summed E-state index contributed by atoms with van der Waals surface area (Å²) in [5.41, 5.74) is 2.22. The summed E-state index contributed by atoms with van der Waals surface area (Å²) in [4.78, 5) is 8.69. The van der Waals surface area contributed by atoms with Gasteiger partial charge in [-0.15, -0.1) is 11.8 Å². The van der Waals surface area contributed by atoms with Crippen LogP contribution in [0.15, 0.2) is 17.4 Å². The lowest BCUT2D eigenvalue weighted by atomic mass is 10.4. The Morgan fingerprint density at radius 2 is 2.21 bits per heavy atom. The number of fused-ring (bicyclic) bond motifs is 1. The zero-order valence-corrected chi connectivity index (χ0v) is 9.43. The Kier molecular flexibility index (Phi) is 2.46. The average molecular weight is 207 g/mol. The lowest BCUT2D eigenvalue weighted by Gasteiger charge is -2.00. The van der Waals surface area contributed by atoms with Crippen molar-refractivity contribution < 1.29 is 0 Å². The number of imidazole rings is 1. The Hall–Kier alpha value is -1.03. The molecule has 0 saturated carbocycles. The van der Waals surface area contributed by atoms with Crippen LogP contribution in [0, 0.1) is 13.8 Å². The van der Waals surface area contributed by atoms with Crippen LogP contribution in [0.3, 0.4) is 0 Å². The van der Waals surface area contributed by atoms with Gasteiger partial charge in [0.2, 0.25) is 5.78 Å². The number of aryl methyl sites for hydroxylation is 2. The van der Waals surface area contributed by atoms with E-state index in [9.17, 15) is 0 Å². The summed E-state index contributed by atoms with van der Waals surface area (Å²) in [5.74, 6) is 1.85. The molecule has 0 saturated heterocycles. The third kappa shape index (κ3) is 1.50. The lowest BCUT2D eigenvalue weighted by molar-refractivity contribution is 0.984. The summed E-state index contributed by atoms with van der Waals surface area (Å²) in [7, 11) is 0. The molecule has 4 heteroatoms. The van der Waals surface area contributed by atoms with Gasteiger partial charge in [-0.1, -0.05) is 6.92 Å². The Bertz CT molecular complexity index is 462. The molecule has 0 unspecified atom stereocenters. The first-order valence-electron chi connectivity index (χ1n) is 4.66. The highest BCUT2D eigenvalue weighted by Gasteiger charge is 2.08. The van der Waals surface area contributed by atoms with Crippen molar-refractivity contribution >= 4 is 17.5 Å². The van der Waals surface area contributed by atoms with Crippen molar-refractivity contribution in [2.45, 2.75) is 25.8 Å². The number of hydrogen-bond donors (Lipinski definition) is 0. The normalized spacial score (nSPS) is 11.1. The summed E-state index contributed by atoms with van der Waals surface area (Å²) in [5, 5.41) is 1.21. The van der Waals surface area contributed by atoms with Crippen LogP contribution < -0.4 is 0 Å². The van der Waals surface area contributed by atoms with Crippen LogP contribution in [0.4, 0.5) is 0 Å². The molecule has 0 atom stereocenters. The van der Waals surface area contributed by atoms with E-state index in [1.807, 2.05) is 31.8 Å². The molecular formula is C10H13N3S. The number of thioether (sulfide) groups is 1. The molecule has 0 amide bonds. The predicted octanol–water partition coefficient (Wildman–Crippen LogP) is 2.46. The molecule has 74 valence electrons. The first-order valence-corrected chi connectivity index (χ1v) is 5.65. The van der Waals surface area contributed by atoms with Crippen molar-refractivity contribution in [1.82, 2.24) is 14.4 Å². The predicted molar refractivity (Wildman–Crippen MR) is 58.9 cm³/mol. The van der Waals surface area contributed by atoms with Gasteiger partial charge in [0.05, 0.1) is 5.69 Å². The van der Waals surface area contributed by atoms with Crippen LogP contribution in [0.25, 0.3) is 5.78 Å². The molecule has 2 aromatic heterocycles. The highest BCUT2D eigenvalue weighted by Crippen LogP contribution is 2.22. The fourth-order valence-electron chi connectivity index (χ4n) is 1.43. The zero-order valence-electron chi connectivity index (χ0n) is 8.61. The summed E-state index contributed by atoms with van der Waals surface area (Å²) in [6, 6.07) is 0. The molecule has 0 aromatic carbocycles. The van der Waals surface area contributed by atoms with Gasteiger partial charge in [-0.25, -0.2) is 9.97 Å². The van der Waals surface area contributed by atoms with Gasteiger partial charge in [-0.2, -0.15) is 0 Å². The van der Waals surface area contributed by atoms with Crippen molar-refractivity contribution in [3.8, 4) is 0 Å². The molecule has 0 radical (unpaired) electrons. The van der Waals surface area contributed by atoms with Gasteiger partial charge in [0.1, 0.15) is 5.03 Å². The van der Waals surface area contributed by atoms with Crippen molar-refractivity contribution in [1.29, 1.82) is 0 Å². The second-order valence-corrected chi connectivity index (χ2v) is 4.49. The smallest absolute Gasteiger partial charge is 0.234 e. The number of nitrogens with zero attached hydrogens (tertiary/aromatic N) is 3. The molecule has 3 nitrogen and oxygen atoms in total. The third-order valence-electron chi connectivity index (χ3n) is 2.01. The van der Waals surface area contributed by atoms with Gasteiger partial charge in [-0.05, 0) is 25.2 Å². The first kappa shape index (κ1) is 9.52. The Morgan fingerprint density at radius 1 is 1.43 bits per heavy atom. The maximum atomic E-state index is 4.40. The molecule has 0 spiro atoms.